The largest absolute Gasteiger partial charge is 0.465 e. The first-order chi connectivity index (χ1) is 15.3. The summed E-state index contributed by atoms with van der Waals surface area (Å²) in [6.07, 6.45) is 6.18. The monoisotopic (exact) mass is 437 g/mol. The van der Waals surface area contributed by atoms with Gasteiger partial charge in [0.15, 0.2) is 0 Å². The van der Waals surface area contributed by atoms with E-state index in [2.05, 4.69) is 21.3 Å². The molecule has 0 radical (unpaired) electrons. The number of pyridine rings is 1. The molecule has 1 fully saturated rings. The zero-order valence-electron chi connectivity index (χ0n) is 18.9. The molecular formula is C24H31N5O3. The van der Waals surface area contributed by atoms with Gasteiger partial charge in [-0.25, -0.2) is 4.79 Å². The van der Waals surface area contributed by atoms with Gasteiger partial charge in [0.2, 0.25) is 5.91 Å². The Balaban J connectivity index is 1.70. The molecule has 1 aromatic carbocycles. The van der Waals surface area contributed by atoms with Crippen LogP contribution in [-0.4, -0.2) is 78.7 Å². The van der Waals surface area contributed by atoms with E-state index < -0.39 is 6.09 Å². The number of carbonyl (C=O) groups excluding carboxylic acids is 1. The van der Waals surface area contributed by atoms with Crippen molar-refractivity contribution in [3.8, 4) is 11.1 Å². The van der Waals surface area contributed by atoms with Gasteiger partial charge in [-0.2, -0.15) is 0 Å². The first kappa shape index (κ1) is 23.3. The molecule has 0 saturated carbocycles. The number of likely N-dealkylation sites (N-methyl/N-ethyl adjacent to an activating group) is 1. The number of anilines is 1. The summed E-state index contributed by atoms with van der Waals surface area (Å²) in [5.41, 5.74) is 5.15. The van der Waals surface area contributed by atoms with E-state index in [4.69, 9.17) is 5.11 Å². The molecule has 0 spiro atoms. The molecule has 3 rings (SSSR count). The van der Waals surface area contributed by atoms with E-state index in [1.165, 1.54) is 0 Å². The average Bonchev–Trinajstić information content (AvgIpc) is 2.78. The fraction of sp³-hybridized carbons (Fsp3) is 0.375. The lowest BCUT2D eigenvalue weighted by Crippen LogP contribution is -2.48. The quantitative estimate of drug-likeness (QED) is 0.648. The molecule has 32 heavy (non-hydrogen) atoms. The fourth-order valence-corrected chi connectivity index (χ4v) is 3.75. The van der Waals surface area contributed by atoms with Crippen LogP contribution in [0.3, 0.4) is 0 Å². The highest BCUT2D eigenvalue weighted by Gasteiger charge is 2.22. The van der Waals surface area contributed by atoms with Crippen LogP contribution in [0.2, 0.25) is 0 Å². The number of piperazine rings is 1. The predicted octanol–water partition coefficient (Wildman–Crippen LogP) is 2.59. The molecule has 2 amide bonds. The maximum atomic E-state index is 12.4. The maximum Gasteiger partial charge on any atom is 0.404 e. The number of carbonyl (C=O) groups is 2. The first-order valence-corrected chi connectivity index (χ1v) is 10.7. The number of hydrogen-bond donors (Lipinski definition) is 2. The second-order valence-corrected chi connectivity index (χ2v) is 8.17. The highest BCUT2D eigenvalue weighted by molar-refractivity contribution is 5.88. The normalized spacial score (nSPS) is 14.2. The number of amides is 2. The first-order valence-electron chi connectivity index (χ1n) is 10.7. The van der Waals surface area contributed by atoms with Crippen LogP contribution in [-0.2, 0) is 11.3 Å². The van der Waals surface area contributed by atoms with Crippen molar-refractivity contribution in [2.75, 3.05) is 51.7 Å². The molecule has 1 aliphatic heterocycles. The second kappa shape index (κ2) is 10.8. The number of carboxylic acid groups (broad SMARTS) is 1. The Hall–Kier alpha value is -3.39. The number of nitrogens with zero attached hydrogens (tertiary/aromatic N) is 4. The molecule has 1 aliphatic rings. The summed E-state index contributed by atoms with van der Waals surface area (Å²) in [6, 6.07) is 8.05. The molecule has 2 N–H and O–H groups in total. The van der Waals surface area contributed by atoms with Crippen molar-refractivity contribution < 1.29 is 14.7 Å². The summed E-state index contributed by atoms with van der Waals surface area (Å²) in [5.74, 6) is 0.0547. The lowest BCUT2D eigenvalue weighted by Gasteiger charge is -2.36. The van der Waals surface area contributed by atoms with Gasteiger partial charge in [0.1, 0.15) is 0 Å². The molecule has 1 saturated heterocycles. The van der Waals surface area contributed by atoms with Gasteiger partial charge in [-0.15, -0.1) is 0 Å². The smallest absolute Gasteiger partial charge is 0.404 e. The van der Waals surface area contributed by atoms with E-state index in [9.17, 15) is 9.59 Å². The van der Waals surface area contributed by atoms with E-state index in [0.29, 0.717) is 13.1 Å². The van der Waals surface area contributed by atoms with Gasteiger partial charge in [0.05, 0.1) is 11.9 Å². The van der Waals surface area contributed by atoms with Crippen molar-refractivity contribution in [1.82, 2.24) is 20.1 Å². The summed E-state index contributed by atoms with van der Waals surface area (Å²) in [6.45, 7) is 5.82. The van der Waals surface area contributed by atoms with Crippen molar-refractivity contribution in [3.63, 3.8) is 0 Å². The zero-order valence-corrected chi connectivity index (χ0v) is 18.9. The van der Waals surface area contributed by atoms with Crippen molar-refractivity contribution in [2.24, 2.45) is 0 Å². The van der Waals surface area contributed by atoms with Gasteiger partial charge in [0.25, 0.3) is 0 Å². The summed E-state index contributed by atoms with van der Waals surface area (Å²) in [7, 11) is 3.95. The number of rotatable bonds is 7. The molecule has 2 aromatic rings. The van der Waals surface area contributed by atoms with Crippen LogP contribution in [0.5, 0.6) is 0 Å². The van der Waals surface area contributed by atoms with Gasteiger partial charge in [-0.3, -0.25) is 9.78 Å². The van der Waals surface area contributed by atoms with Gasteiger partial charge in [0, 0.05) is 57.1 Å². The average molecular weight is 438 g/mol. The molecular weight excluding hydrogens is 406 g/mol. The Morgan fingerprint density at radius 2 is 1.94 bits per heavy atom. The molecule has 0 atom stereocenters. The van der Waals surface area contributed by atoms with Crippen LogP contribution in [0.25, 0.3) is 11.1 Å². The van der Waals surface area contributed by atoms with Crippen molar-refractivity contribution in [1.29, 1.82) is 0 Å². The minimum atomic E-state index is -1.03. The van der Waals surface area contributed by atoms with E-state index in [1.807, 2.05) is 61.3 Å². The minimum absolute atomic E-state index is 0.0547. The van der Waals surface area contributed by atoms with Crippen LogP contribution < -0.4 is 10.2 Å². The maximum absolute atomic E-state index is 12.4. The molecule has 0 unspecified atom stereocenters. The molecule has 2 heterocycles. The van der Waals surface area contributed by atoms with Gasteiger partial charge < -0.3 is 25.1 Å². The van der Waals surface area contributed by atoms with E-state index >= 15 is 0 Å². The summed E-state index contributed by atoms with van der Waals surface area (Å²) in [4.78, 5) is 33.7. The topological polar surface area (TPSA) is 89.0 Å². The molecule has 1 aromatic heterocycles. The standard InChI is InChI=1S/C24H31N5O3/c1-18-15-19(6-7-20(18)16-26-24(31)32)21-8-9-25-17-22(21)28-11-13-29(14-12-28)23(30)5-4-10-27(2)3/h4-9,15,17,26H,10-14,16H2,1-3H3,(H,31,32). The van der Waals surface area contributed by atoms with Crippen LogP contribution >= 0.6 is 0 Å². The molecule has 0 bridgehead atoms. The summed E-state index contributed by atoms with van der Waals surface area (Å²) < 4.78 is 0. The zero-order chi connectivity index (χ0) is 23.1. The summed E-state index contributed by atoms with van der Waals surface area (Å²) >= 11 is 0. The number of aromatic nitrogens is 1. The third-order valence-corrected chi connectivity index (χ3v) is 5.55. The van der Waals surface area contributed by atoms with Crippen molar-refractivity contribution in [3.05, 3.63) is 59.9 Å². The van der Waals surface area contributed by atoms with Gasteiger partial charge >= 0.3 is 6.09 Å². The minimum Gasteiger partial charge on any atom is -0.465 e. The lowest BCUT2D eigenvalue weighted by molar-refractivity contribution is -0.126. The van der Waals surface area contributed by atoms with Crippen LogP contribution in [0.15, 0.2) is 48.8 Å². The third-order valence-electron chi connectivity index (χ3n) is 5.55. The molecule has 170 valence electrons. The number of benzene rings is 1. The summed E-state index contributed by atoms with van der Waals surface area (Å²) in [5, 5.41) is 11.3. The number of hydrogen-bond acceptors (Lipinski definition) is 5. The molecule has 0 aliphatic carbocycles. The van der Waals surface area contributed by atoms with Crippen LogP contribution in [0, 0.1) is 6.92 Å². The molecule has 8 nitrogen and oxygen atoms in total. The predicted molar refractivity (Wildman–Crippen MR) is 126 cm³/mol. The lowest BCUT2D eigenvalue weighted by atomic mass is 9.99. The Kier molecular flexibility index (Phi) is 7.83. The fourth-order valence-electron chi connectivity index (χ4n) is 3.75. The molecule has 8 heteroatoms. The highest BCUT2D eigenvalue weighted by atomic mass is 16.4. The van der Waals surface area contributed by atoms with Crippen LogP contribution in [0.4, 0.5) is 10.5 Å². The Morgan fingerprint density at radius 3 is 2.59 bits per heavy atom. The Bertz CT molecular complexity index is 981. The Labute approximate surface area is 189 Å². The van der Waals surface area contributed by atoms with Crippen LogP contribution in [0.1, 0.15) is 11.1 Å². The van der Waals surface area contributed by atoms with E-state index in [1.54, 1.807) is 12.3 Å². The van der Waals surface area contributed by atoms with Crippen molar-refractivity contribution in [2.45, 2.75) is 13.5 Å². The SMILES string of the molecule is Cc1cc(-c2ccncc2N2CCN(C(=O)C=CCN(C)C)CC2)ccc1CNC(=O)O. The second-order valence-electron chi connectivity index (χ2n) is 8.17. The number of nitrogens with one attached hydrogen (secondary N) is 1. The van der Waals surface area contributed by atoms with E-state index in [-0.39, 0.29) is 12.5 Å². The van der Waals surface area contributed by atoms with Gasteiger partial charge in [-0.05, 0) is 43.8 Å². The number of aryl methyl sites for hydroxylation is 1. The third kappa shape index (κ3) is 6.07. The highest BCUT2D eigenvalue weighted by Crippen LogP contribution is 2.32. The van der Waals surface area contributed by atoms with Crippen molar-refractivity contribution >= 4 is 17.7 Å². The van der Waals surface area contributed by atoms with E-state index in [0.717, 1.165) is 47.6 Å². The Morgan fingerprint density at radius 1 is 1.19 bits per heavy atom. The van der Waals surface area contributed by atoms with Gasteiger partial charge in [-0.1, -0.05) is 24.3 Å².